The van der Waals surface area contributed by atoms with Crippen LogP contribution in [0.25, 0.3) is 10.2 Å². The molecule has 1 atom stereocenters. The van der Waals surface area contributed by atoms with Crippen LogP contribution in [0.15, 0.2) is 42.5 Å². The summed E-state index contributed by atoms with van der Waals surface area (Å²) in [6.07, 6.45) is 0. The van der Waals surface area contributed by atoms with E-state index in [1.165, 1.54) is 17.4 Å². The molecule has 1 heterocycles. The average Bonchev–Trinajstić information content (AvgIpc) is 3.03. The molecule has 3 rings (SSSR count). The minimum atomic E-state index is -0.392. The van der Waals surface area contributed by atoms with Crippen molar-refractivity contribution < 1.29 is 9.66 Å². The van der Waals surface area contributed by atoms with Crippen molar-refractivity contribution in [2.75, 3.05) is 33.1 Å². The van der Waals surface area contributed by atoms with Crippen molar-refractivity contribution in [1.29, 1.82) is 0 Å². The Morgan fingerprint density at radius 3 is 2.81 bits per heavy atom. The Morgan fingerprint density at radius 1 is 1.31 bits per heavy atom. The van der Waals surface area contributed by atoms with Crippen molar-refractivity contribution in [1.82, 2.24) is 9.88 Å². The van der Waals surface area contributed by atoms with E-state index < -0.39 is 4.92 Å². The third kappa shape index (κ3) is 3.92. The lowest BCUT2D eigenvalue weighted by atomic mass is 10.1. The van der Waals surface area contributed by atoms with Gasteiger partial charge in [-0.1, -0.05) is 23.5 Å². The molecule has 0 amide bonds. The third-order valence-corrected chi connectivity index (χ3v) is 5.11. The minimum absolute atomic E-state index is 0.0789. The zero-order valence-electron chi connectivity index (χ0n) is 14.8. The van der Waals surface area contributed by atoms with Crippen molar-refractivity contribution >= 4 is 32.4 Å². The summed E-state index contributed by atoms with van der Waals surface area (Å²) < 4.78 is 6.11. The second-order valence-corrected chi connectivity index (χ2v) is 7.10. The maximum absolute atomic E-state index is 10.9. The summed E-state index contributed by atoms with van der Waals surface area (Å²) in [5.74, 6) is 0.821. The fourth-order valence-corrected chi connectivity index (χ4v) is 3.64. The number of fused-ring (bicyclic) bond motifs is 1. The topological polar surface area (TPSA) is 80.5 Å². The smallest absolute Gasteiger partial charge is 0.270 e. The van der Waals surface area contributed by atoms with E-state index in [-0.39, 0.29) is 11.7 Å². The van der Waals surface area contributed by atoms with Gasteiger partial charge in [0, 0.05) is 18.7 Å². The van der Waals surface area contributed by atoms with Crippen molar-refractivity contribution in [3.8, 4) is 5.75 Å². The Hall–Kier alpha value is -2.71. The first-order valence-electron chi connectivity index (χ1n) is 8.07. The van der Waals surface area contributed by atoms with E-state index in [2.05, 4.69) is 21.3 Å². The number of nitro benzene ring substituents is 1. The first kappa shape index (κ1) is 18.1. The summed E-state index contributed by atoms with van der Waals surface area (Å²) in [5.41, 5.74) is 1.97. The molecule has 1 aromatic heterocycles. The van der Waals surface area contributed by atoms with Crippen LogP contribution in [-0.4, -0.2) is 42.6 Å². The largest absolute Gasteiger partial charge is 0.497 e. The Labute approximate surface area is 155 Å². The molecule has 0 spiro atoms. The molecule has 26 heavy (non-hydrogen) atoms. The summed E-state index contributed by atoms with van der Waals surface area (Å²) in [6.45, 7) is 0.655. The minimum Gasteiger partial charge on any atom is -0.497 e. The average molecular weight is 372 g/mol. The van der Waals surface area contributed by atoms with Crippen LogP contribution in [0.3, 0.4) is 0 Å². The summed E-state index contributed by atoms with van der Waals surface area (Å²) in [6, 6.07) is 12.8. The van der Waals surface area contributed by atoms with Gasteiger partial charge in [0.25, 0.3) is 5.69 Å². The highest BCUT2D eigenvalue weighted by molar-refractivity contribution is 7.22. The maximum Gasteiger partial charge on any atom is 0.270 e. The van der Waals surface area contributed by atoms with Crippen LogP contribution in [0.5, 0.6) is 5.75 Å². The fraction of sp³-hybridized carbons (Fsp3) is 0.278. The molecule has 0 aliphatic rings. The summed E-state index contributed by atoms with van der Waals surface area (Å²) in [5, 5.41) is 15.0. The number of ether oxygens (including phenoxy) is 1. The van der Waals surface area contributed by atoms with Crippen molar-refractivity contribution in [2.45, 2.75) is 6.04 Å². The molecule has 0 radical (unpaired) electrons. The van der Waals surface area contributed by atoms with Gasteiger partial charge in [-0.25, -0.2) is 4.98 Å². The molecule has 1 N–H and O–H groups in total. The number of rotatable bonds is 7. The lowest BCUT2D eigenvalue weighted by molar-refractivity contribution is -0.384. The molecule has 2 aromatic carbocycles. The molecule has 136 valence electrons. The van der Waals surface area contributed by atoms with Crippen molar-refractivity contribution in [2.24, 2.45) is 0 Å². The zero-order valence-corrected chi connectivity index (χ0v) is 15.6. The van der Waals surface area contributed by atoms with Gasteiger partial charge in [0.05, 0.1) is 28.3 Å². The number of thiazole rings is 1. The third-order valence-electron chi connectivity index (χ3n) is 4.13. The number of non-ortho nitro benzene ring substituents is 1. The van der Waals surface area contributed by atoms with Gasteiger partial charge in [-0.05, 0) is 37.9 Å². The number of nitro groups is 1. The highest BCUT2D eigenvalue weighted by atomic mass is 32.1. The van der Waals surface area contributed by atoms with Gasteiger partial charge in [0.15, 0.2) is 5.13 Å². The first-order chi connectivity index (χ1) is 12.5. The molecule has 0 saturated carbocycles. The number of benzene rings is 2. The molecule has 0 saturated heterocycles. The van der Waals surface area contributed by atoms with Crippen LogP contribution >= 0.6 is 11.3 Å². The monoisotopic (exact) mass is 372 g/mol. The number of nitrogens with one attached hydrogen (secondary N) is 1. The maximum atomic E-state index is 10.9. The molecule has 0 bridgehead atoms. The molecular weight excluding hydrogens is 352 g/mol. The van der Waals surface area contributed by atoms with Crippen molar-refractivity contribution in [3.63, 3.8) is 0 Å². The quantitative estimate of drug-likeness (QED) is 0.500. The van der Waals surface area contributed by atoms with Crippen LogP contribution in [0.4, 0.5) is 10.8 Å². The van der Waals surface area contributed by atoms with Gasteiger partial charge in [0.2, 0.25) is 0 Å². The van der Waals surface area contributed by atoms with Gasteiger partial charge in [-0.3, -0.25) is 10.1 Å². The van der Waals surface area contributed by atoms with E-state index in [0.29, 0.717) is 6.54 Å². The Morgan fingerprint density at radius 2 is 2.12 bits per heavy atom. The molecule has 1 unspecified atom stereocenters. The van der Waals surface area contributed by atoms with E-state index >= 15 is 0 Å². The predicted octanol–water partition coefficient (Wildman–Crippen LogP) is 3.93. The van der Waals surface area contributed by atoms with E-state index in [1.807, 2.05) is 32.3 Å². The number of nitrogens with zero attached hydrogens (tertiary/aromatic N) is 3. The van der Waals surface area contributed by atoms with Crippen LogP contribution in [0.2, 0.25) is 0 Å². The van der Waals surface area contributed by atoms with Crippen molar-refractivity contribution in [3.05, 3.63) is 58.1 Å². The summed E-state index contributed by atoms with van der Waals surface area (Å²) in [7, 11) is 5.70. The number of aromatic nitrogens is 1. The number of anilines is 1. The van der Waals surface area contributed by atoms with Gasteiger partial charge in [-0.2, -0.15) is 0 Å². The van der Waals surface area contributed by atoms with Crippen LogP contribution < -0.4 is 10.1 Å². The number of likely N-dealkylation sites (N-methyl/N-ethyl adjacent to an activating group) is 1. The first-order valence-corrected chi connectivity index (χ1v) is 8.89. The zero-order chi connectivity index (χ0) is 18.7. The normalized spacial score (nSPS) is 12.3. The molecular formula is C18H20N4O3S. The van der Waals surface area contributed by atoms with E-state index in [0.717, 1.165) is 26.7 Å². The number of hydrogen-bond acceptors (Lipinski definition) is 7. The van der Waals surface area contributed by atoms with Gasteiger partial charge in [-0.15, -0.1) is 0 Å². The summed E-state index contributed by atoms with van der Waals surface area (Å²) in [4.78, 5) is 17.2. The van der Waals surface area contributed by atoms with Crippen LogP contribution in [0.1, 0.15) is 11.6 Å². The molecule has 7 nitrogen and oxygen atoms in total. The molecule has 0 aliphatic carbocycles. The fourth-order valence-electron chi connectivity index (χ4n) is 2.73. The Balaban J connectivity index is 1.78. The second kappa shape index (κ2) is 7.67. The van der Waals surface area contributed by atoms with E-state index in [9.17, 15) is 10.1 Å². The highest BCUT2D eigenvalue weighted by Crippen LogP contribution is 2.30. The summed E-state index contributed by atoms with van der Waals surface area (Å²) >= 11 is 1.42. The SMILES string of the molecule is COc1cccc(C(CNc2nc3ccc([N+](=O)[O-])cc3s2)N(C)C)c1. The number of hydrogen-bond donors (Lipinski definition) is 1. The Bertz CT molecular complexity index is 926. The van der Waals surface area contributed by atoms with Gasteiger partial charge >= 0.3 is 0 Å². The van der Waals surface area contributed by atoms with E-state index in [1.54, 1.807) is 19.2 Å². The van der Waals surface area contributed by atoms with E-state index in [4.69, 9.17) is 4.74 Å². The molecule has 8 heteroatoms. The second-order valence-electron chi connectivity index (χ2n) is 6.07. The van der Waals surface area contributed by atoms with Crippen LogP contribution in [0, 0.1) is 10.1 Å². The highest BCUT2D eigenvalue weighted by Gasteiger charge is 2.16. The standard InChI is InChI=1S/C18H20N4O3S/c1-21(2)16(12-5-4-6-14(9-12)25-3)11-19-18-20-15-8-7-13(22(23)24)10-17(15)26-18/h4-10,16H,11H2,1-3H3,(H,19,20). The van der Waals surface area contributed by atoms with Gasteiger partial charge < -0.3 is 15.0 Å². The molecule has 0 aliphatic heterocycles. The van der Waals surface area contributed by atoms with Crippen LogP contribution in [-0.2, 0) is 0 Å². The lowest BCUT2D eigenvalue weighted by Gasteiger charge is -2.25. The lowest BCUT2D eigenvalue weighted by Crippen LogP contribution is -2.26. The van der Waals surface area contributed by atoms with Gasteiger partial charge in [0.1, 0.15) is 5.75 Å². The predicted molar refractivity (Wildman–Crippen MR) is 104 cm³/mol. The number of methoxy groups -OCH3 is 1. The Kier molecular flexibility index (Phi) is 5.34. The molecule has 3 aromatic rings. The molecule has 0 fully saturated rings.